The van der Waals surface area contributed by atoms with Gasteiger partial charge in [0.2, 0.25) is 0 Å². The minimum atomic E-state index is -0.890. The Morgan fingerprint density at radius 2 is 1.18 bits per heavy atom. The van der Waals surface area contributed by atoms with Crippen LogP contribution < -0.4 is 9.47 Å². The summed E-state index contributed by atoms with van der Waals surface area (Å²) in [6.07, 6.45) is 13.5. The molecule has 0 saturated carbocycles. The number of carbonyl (C=O) groups is 2. The summed E-state index contributed by atoms with van der Waals surface area (Å²) >= 11 is 0. The Balaban J connectivity index is 2.84. The molecule has 0 unspecified atom stereocenters. The van der Waals surface area contributed by atoms with Crippen molar-refractivity contribution in [2.75, 3.05) is 0 Å². The van der Waals surface area contributed by atoms with Crippen LogP contribution in [0.15, 0.2) is 34.9 Å². The van der Waals surface area contributed by atoms with E-state index in [9.17, 15) is 14.7 Å². The first-order valence-electron chi connectivity index (χ1n) is 13.8. The van der Waals surface area contributed by atoms with Crippen molar-refractivity contribution in [2.45, 2.75) is 126 Å². The van der Waals surface area contributed by atoms with E-state index in [-0.39, 0.29) is 0 Å². The highest BCUT2D eigenvalue weighted by molar-refractivity contribution is 5.74. The van der Waals surface area contributed by atoms with Crippen LogP contribution in [0.4, 0.5) is 0 Å². The van der Waals surface area contributed by atoms with Crippen LogP contribution in [0.2, 0.25) is 0 Å². The molecule has 0 radical (unpaired) electrons. The Labute approximate surface area is 231 Å². The first-order valence-corrected chi connectivity index (χ1v) is 13.8. The summed E-state index contributed by atoms with van der Waals surface area (Å²) in [4.78, 5) is 23.5. The second kappa shape index (κ2) is 15.7. The summed E-state index contributed by atoms with van der Waals surface area (Å²) in [5.74, 6) is 0.198. The van der Waals surface area contributed by atoms with Crippen LogP contribution in [0.1, 0.15) is 116 Å². The van der Waals surface area contributed by atoms with Crippen LogP contribution in [-0.4, -0.2) is 22.6 Å². The third-order valence-corrected chi connectivity index (χ3v) is 7.01. The molecular weight excluding hydrogens is 476 g/mol. The third-order valence-electron chi connectivity index (χ3n) is 7.01. The average molecular weight is 527 g/mol. The van der Waals surface area contributed by atoms with Crippen LogP contribution in [0.25, 0.3) is 0 Å². The van der Waals surface area contributed by atoms with Gasteiger partial charge in [-0.2, -0.15) is 0 Å². The third kappa shape index (κ3) is 11.8. The molecule has 0 aliphatic heterocycles. The van der Waals surface area contributed by atoms with Gasteiger partial charge in [-0.3, -0.25) is 9.59 Å². The molecule has 0 heterocycles. The first-order chi connectivity index (χ1) is 17.6. The zero-order valence-electron chi connectivity index (χ0n) is 25.5. The van der Waals surface area contributed by atoms with E-state index in [1.54, 1.807) is 0 Å². The molecule has 1 rings (SSSR count). The van der Waals surface area contributed by atoms with E-state index in [4.69, 9.17) is 9.47 Å². The molecule has 1 aromatic rings. The van der Waals surface area contributed by atoms with Crippen LogP contribution in [0.5, 0.6) is 11.5 Å². The lowest BCUT2D eigenvalue weighted by Gasteiger charge is -2.25. The van der Waals surface area contributed by atoms with Gasteiger partial charge in [0.05, 0.1) is 5.60 Å². The maximum atomic E-state index is 11.8. The highest BCUT2D eigenvalue weighted by Crippen LogP contribution is 2.39. The zero-order valence-corrected chi connectivity index (χ0v) is 25.5. The summed E-state index contributed by atoms with van der Waals surface area (Å²) in [5.41, 5.74) is 6.33. The van der Waals surface area contributed by atoms with E-state index in [1.165, 1.54) is 30.6 Å². The van der Waals surface area contributed by atoms with Crippen molar-refractivity contribution < 1.29 is 24.2 Å². The highest BCUT2D eigenvalue weighted by atomic mass is 16.5. The fraction of sp³-hybridized carbons (Fsp3) is 0.576. The average Bonchev–Trinajstić information content (AvgIpc) is 2.79. The van der Waals surface area contributed by atoms with E-state index in [2.05, 4.69) is 45.9 Å². The lowest BCUT2D eigenvalue weighted by Crippen LogP contribution is -2.25. The number of esters is 2. The number of hydrogen-bond acceptors (Lipinski definition) is 5. The molecule has 5 heteroatoms. The van der Waals surface area contributed by atoms with E-state index >= 15 is 0 Å². The van der Waals surface area contributed by atoms with Gasteiger partial charge in [-0.25, -0.2) is 0 Å². The van der Waals surface area contributed by atoms with Gasteiger partial charge in [0.1, 0.15) is 11.5 Å². The molecule has 212 valence electrons. The molecule has 38 heavy (non-hydrogen) atoms. The minimum absolute atomic E-state index is 0.398. The summed E-state index contributed by atoms with van der Waals surface area (Å²) in [6.45, 7) is 18.8. The number of benzene rings is 1. The molecule has 0 aromatic heterocycles. The quantitative estimate of drug-likeness (QED) is 0.150. The van der Waals surface area contributed by atoms with Gasteiger partial charge in [-0.1, -0.05) is 34.9 Å². The maximum absolute atomic E-state index is 11.8. The largest absolute Gasteiger partial charge is 0.426 e. The van der Waals surface area contributed by atoms with Gasteiger partial charge in [0, 0.05) is 19.4 Å². The fourth-order valence-corrected chi connectivity index (χ4v) is 4.52. The number of rotatable bonds is 14. The Bertz CT molecular complexity index is 1070. The molecule has 0 amide bonds. The molecule has 1 N–H and O–H groups in total. The second-order valence-corrected chi connectivity index (χ2v) is 11.2. The van der Waals surface area contributed by atoms with Gasteiger partial charge in [0.15, 0.2) is 0 Å². The van der Waals surface area contributed by atoms with Crippen molar-refractivity contribution in [3.63, 3.8) is 0 Å². The fourth-order valence-electron chi connectivity index (χ4n) is 4.52. The van der Waals surface area contributed by atoms with Crippen LogP contribution in [-0.2, 0) is 16.0 Å². The number of ether oxygens (including phenoxy) is 2. The van der Waals surface area contributed by atoms with E-state index < -0.39 is 17.5 Å². The van der Waals surface area contributed by atoms with E-state index in [0.717, 1.165) is 54.4 Å². The van der Waals surface area contributed by atoms with Gasteiger partial charge < -0.3 is 14.6 Å². The van der Waals surface area contributed by atoms with Crippen molar-refractivity contribution in [1.82, 2.24) is 0 Å². The van der Waals surface area contributed by atoms with Gasteiger partial charge in [-0.05, 0) is 123 Å². The Hall–Kier alpha value is -2.66. The molecule has 0 spiro atoms. The van der Waals surface area contributed by atoms with Crippen molar-refractivity contribution >= 4 is 11.9 Å². The molecule has 0 bridgehead atoms. The molecule has 1 atom stereocenters. The maximum Gasteiger partial charge on any atom is 0.308 e. The molecule has 1 aromatic carbocycles. The van der Waals surface area contributed by atoms with Crippen molar-refractivity contribution in [1.29, 1.82) is 0 Å². The topological polar surface area (TPSA) is 72.8 Å². The SMILES string of the molecule is CC(=O)Oc1c(C)c(C)c(OC(C)=O)c(CC[C@](C)(O)CC/C=C(\C)CC/C=C(\C)CCC=C(C)C)c1C. The highest BCUT2D eigenvalue weighted by Gasteiger charge is 2.25. The van der Waals surface area contributed by atoms with Crippen molar-refractivity contribution in [3.8, 4) is 11.5 Å². The monoisotopic (exact) mass is 526 g/mol. The molecular formula is C33H50O5. The number of hydrogen-bond donors (Lipinski definition) is 1. The normalized spacial score (nSPS) is 13.7. The van der Waals surface area contributed by atoms with E-state index in [1.807, 2.05) is 27.7 Å². The molecule has 0 fully saturated rings. The van der Waals surface area contributed by atoms with Crippen molar-refractivity contribution in [2.24, 2.45) is 0 Å². The lowest BCUT2D eigenvalue weighted by molar-refractivity contribution is -0.133. The molecule has 5 nitrogen and oxygen atoms in total. The zero-order chi connectivity index (χ0) is 29.0. The minimum Gasteiger partial charge on any atom is -0.426 e. The lowest BCUT2D eigenvalue weighted by atomic mass is 9.88. The number of aliphatic hydroxyl groups is 1. The second-order valence-electron chi connectivity index (χ2n) is 11.2. The Morgan fingerprint density at radius 1 is 0.711 bits per heavy atom. The van der Waals surface area contributed by atoms with Crippen LogP contribution >= 0.6 is 0 Å². The standard InChI is InChI=1S/C33H50O5/c1-22(2)14-11-15-23(3)16-12-17-24(4)18-13-20-33(10,36)21-19-30-27(7)31(37-28(8)34)25(5)26(6)32(30)38-29(9)35/h14,16,18,36H,11-13,15,17,19-21H2,1-10H3/b23-16+,24-18+/t33-/m1/s1. The predicted octanol–water partition coefficient (Wildman–Crippen LogP) is 8.35. The molecule has 0 aliphatic carbocycles. The van der Waals surface area contributed by atoms with Crippen molar-refractivity contribution in [3.05, 3.63) is 57.2 Å². The Morgan fingerprint density at radius 3 is 1.71 bits per heavy atom. The molecule has 0 saturated heterocycles. The summed E-state index contributed by atoms with van der Waals surface area (Å²) < 4.78 is 11.1. The summed E-state index contributed by atoms with van der Waals surface area (Å²) in [6, 6.07) is 0. The van der Waals surface area contributed by atoms with Gasteiger partial charge >= 0.3 is 11.9 Å². The smallest absolute Gasteiger partial charge is 0.308 e. The molecule has 0 aliphatic rings. The van der Waals surface area contributed by atoms with Crippen LogP contribution in [0.3, 0.4) is 0 Å². The van der Waals surface area contributed by atoms with E-state index in [0.29, 0.717) is 30.8 Å². The van der Waals surface area contributed by atoms with Gasteiger partial charge in [-0.15, -0.1) is 0 Å². The van der Waals surface area contributed by atoms with Gasteiger partial charge in [0.25, 0.3) is 0 Å². The summed E-state index contributed by atoms with van der Waals surface area (Å²) in [7, 11) is 0. The first kappa shape index (κ1) is 33.4. The number of carbonyl (C=O) groups excluding carboxylic acids is 2. The van der Waals surface area contributed by atoms with Crippen LogP contribution in [0, 0.1) is 20.8 Å². The predicted molar refractivity (Wildman–Crippen MR) is 157 cm³/mol. The Kier molecular flexibility index (Phi) is 13.8. The summed E-state index contributed by atoms with van der Waals surface area (Å²) in [5, 5.41) is 11.1. The number of allylic oxidation sites excluding steroid dienone is 6.